The van der Waals surface area contributed by atoms with Crippen molar-refractivity contribution in [2.24, 2.45) is 5.73 Å². The predicted octanol–water partition coefficient (Wildman–Crippen LogP) is 0.344. The van der Waals surface area contributed by atoms with Crippen LogP contribution >= 0.6 is 0 Å². The fraction of sp³-hybridized carbons (Fsp3) is 0.600. The van der Waals surface area contributed by atoms with Crippen molar-refractivity contribution in [1.29, 1.82) is 0 Å². The average molecular weight is 194 g/mol. The van der Waals surface area contributed by atoms with Gasteiger partial charge in [0.2, 0.25) is 0 Å². The Balaban J connectivity index is 2.30. The molecule has 0 spiro atoms. The monoisotopic (exact) mass is 194 g/mol. The summed E-state index contributed by atoms with van der Waals surface area (Å²) in [6, 6.07) is 2.57. The van der Waals surface area contributed by atoms with Crippen LogP contribution < -0.4 is 11.1 Å². The molecule has 0 aliphatic heterocycles. The molecular formula is C10H18N4. The van der Waals surface area contributed by atoms with Crippen molar-refractivity contribution < 1.29 is 0 Å². The number of hydrogen-bond donors (Lipinski definition) is 2. The van der Waals surface area contributed by atoms with Crippen LogP contribution in [0, 0.1) is 0 Å². The maximum absolute atomic E-state index is 5.94. The Morgan fingerprint density at radius 3 is 2.79 bits per heavy atom. The SMILES string of the molecule is CC(C)NCC(N)Cc1ccnnc1. The van der Waals surface area contributed by atoms with Gasteiger partial charge in [-0.2, -0.15) is 10.2 Å². The van der Waals surface area contributed by atoms with E-state index in [2.05, 4.69) is 29.4 Å². The van der Waals surface area contributed by atoms with E-state index in [0.29, 0.717) is 6.04 Å². The van der Waals surface area contributed by atoms with E-state index in [1.165, 1.54) is 0 Å². The molecule has 0 saturated carbocycles. The van der Waals surface area contributed by atoms with Crippen molar-refractivity contribution in [3.05, 3.63) is 24.0 Å². The molecule has 1 atom stereocenters. The molecular weight excluding hydrogens is 176 g/mol. The van der Waals surface area contributed by atoms with Crippen LogP contribution in [-0.4, -0.2) is 28.8 Å². The third-order valence-corrected chi connectivity index (χ3v) is 1.93. The molecule has 4 heteroatoms. The minimum atomic E-state index is 0.140. The largest absolute Gasteiger partial charge is 0.326 e. The number of rotatable bonds is 5. The highest BCUT2D eigenvalue weighted by Gasteiger charge is 2.04. The van der Waals surface area contributed by atoms with E-state index in [1.54, 1.807) is 12.4 Å². The molecule has 0 radical (unpaired) electrons. The Bertz CT molecular complexity index is 248. The zero-order valence-corrected chi connectivity index (χ0v) is 8.77. The van der Waals surface area contributed by atoms with Gasteiger partial charge in [0, 0.05) is 24.8 Å². The number of aromatic nitrogens is 2. The summed E-state index contributed by atoms with van der Waals surface area (Å²) in [6.07, 6.45) is 4.29. The topological polar surface area (TPSA) is 63.8 Å². The van der Waals surface area contributed by atoms with Crippen molar-refractivity contribution >= 4 is 0 Å². The molecule has 4 nitrogen and oxygen atoms in total. The van der Waals surface area contributed by atoms with Gasteiger partial charge < -0.3 is 11.1 Å². The molecule has 14 heavy (non-hydrogen) atoms. The van der Waals surface area contributed by atoms with Gasteiger partial charge in [-0.05, 0) is 18.1 Å². The van der Waals surface area contributed by atoms with Crippen molar-refractivity contribution in [2.75, 3.05) is 6.54 Å². The Kier molecular flexibility index (Phi) is 4.49. The second kappa shape index (κ2) is 5.67. The molecule has 1 aromatic heterocycles. The van der Waals surface area contributed by atoms with E-state index in [4.69, 9.17) is 5.73 Å². The van der Waals surface area contributed by atoms with Crippen LogP contribution in [0.5, 0.6) is 0 Å². The van der Waals surface area contributed by atoms with E-state index in [9.17, 15) is 0 Å². The van der Waals surface area contributed by atoms with Gasteiger partial charge >= 0.3 is 0 Å². The molecule has 0 aliphatic carbocycles. The zero-order valence-electron chi connectivity index (χ0n) is 8.77. The molecule has 3 N–H and O–H groups in total. The molecule has 1 aromatic rings. The number of nitrogens with two attached hydrogens (primary N) is 1. The summed E-state index contributed by atoms with van der Waals surface area (Å²) in [6.45, 7) is 5.06. The predicted molar refractivity (Wildman–Crippen MR) is 56.9 cm³/mol. The molecule has 78 valence electrons. The van der Waals surface area contributed by atoms with Crippen LogP contribution in [0.4, 0.5) is 0 Å². The molecule has 0 amide bonds. The van der Waals surface area contributed by atoms with Gasteiger partial charge in [-0.3, -0.25) is 0 Å². The molecule has 0 aliphatic rings. The van der Waals surface area contributed by atoms with Gasteiger partial charge in [-0.25, -0.2) is 0 Å². The lowest BCUT2D eigenvalue weighted by Crippen LogP contribution is -2.38. The van der Waals surface area contributed by atoms with Crippen LogP contribution in [0.2, 0.25) is 0 Å². The first-order chi connectivity index (χ1) is 6.68. The smallest absolute Gasteiger partial charge is 0.0528 e. The lowest BCUT2D eigenvalue weighted by atomic mass is 10.1. The van der Waals surface area contributed by atoms with E-state index < -0.39 is 0 Å². The molecule has 0 saturated heterocycles. The first kappa shape index (κ1) is 11.1. The van der Waals surface area contributed by atoms with E-state index in [1.807, 2.05) is 6.07 Å². The van der Waals surface area contributed by atoms with Gasteiger partial charge in [-0.15, -0.1) is 0 Å². The second-order valence-corrected chi connectivity index (χ2v) is 3.78. The first-order valence-corrected chi connectivity index (χ1v) is 4.93. The second-order valence-electron chi connectivity index (χ2n) is 3.78. The minimum Gasteiger partial charge on any atom is -0.326 e. The van der Waals surface area contributed by atoms with Gasteiger partial charge in [-0.1, -0.05) is 13.8 Å². The number of hydrogen-bond acceptors (Lipinski definition) is 4. The summed E-state index contributed by atoms with van der Waals surface area (Å²) in [4.78, 5) is 0. The highest BCUT2D eigenvalue weighted by molar-refractivity contribution is 5.07. The Morgan fingerprint density at radius 2 is 2.21 bits per heavy atom. The van der Waals surface area contributed by atoms with Gasteiger partial charge in [0.15, 0.2) is 0 Å². The average Bonchev–Trinajstić information content (AvgIpc) is 2.16. The standard InChI is InChI=1S/C10H18N4/c1-8(2)12-7-10(11)5-9-3-4-13-14-6-9/h3-4,6,8,10,12H,5,7,11H2,1-2H3. The lowest BCUT2D eigenvalue weighted by molar-refractivity contribution is 0.523. The third-order valence-electron chi connectivity index (χ3n) is 1.93. The molecule has 0 fully saturated rings. The van der Waals surface area contributed by atoms with Gasteiger partial charge in [0.05, 0.1) is 6.20 Å². The number of nitrogens with one attached hydrogen (secondary N) is 1. The fourth-order valence-electron chi connectivity index (χ4n) is 1.20. The summed E-state index contributed by atoms with van der Waals surface area (Å²) in [5.41, 5.74) is 7.08. The summed E-state index contributed by atoms with van der Waals surface area (Å²) < 4.78 is 0. The van der Waals surface area contributed by atoms with Crippen LogP contribution in [0.25, 0.3) is 0 Å². The first-order valence-electron chi connectivity index (χ1n) is 4.93. The summed E-state index contributed by atoms with van der Waals surface area (Å²) in [5, 5.41) is 10.8. The summed E-state index contributed by atoms with van der Waals surface area (Å²) in [5.74, 6) is 0. The maximum atomic E-state index is 5.94. The van der Waals surface area contributed by atoms with Crippen molar-refractivity contribution in [3.63, 3.8) is 0 Å². The summed E-state index contributed by atoms with van der Waals surface area (Å²) in [7, 11) is 0. The summed E-state index contributed by atoms with van der Waals surface area (Å²) >= 11 is 0. The van der Waals surface area contributed by atoms with Gasteiger partial charge in [0.1, 0.15) is 0 Å². The third kappa shape index (κ3) is 4.30. The highest BCUT2D eigenvalue weighted by atomic mass is 15.1. The van der Waals surface area contributed by atoms with Crippen LogP contribution in [0.1, 0.15) is 19.4 Å². The fourth-order valence-corrected chi connectivity index (χ4v) is 1.20. The molecule has 0 aromatic carbocycles. The quantitative estimate of drug-likeness (QED) is 0.709. The van der Waals surface area contributed by atoms with E-state index in [0.717, 1.165) is 18.5 Å². The zero-order chi connectivity index (χ0) is 10.4. The van der Waals surface area contributed by atoms with E-state index in [-0.39, 0.29) is 6.04 Å². The maximum Gasteiger partial charge on any atom is 0.0528 e. The Labute approximate surface area is 84.9 Å². The van der Waals surface area contributed by atoms with Crippen LogP contribution in [-0.2, 0) is 6.42 Å². The van der Waals surface area contributed by atoms with Crippen molar-refractivity contribution in [3.8, 4) is 0 Å². The lowest BCUT2D eigenvalue weighted by Gasteiger charge is -2.14. The highest BCUT2D eigenvalue weighted by Crippen LogP contribution is 1.97. The van der Waals surface area contributed by atoms with Crippen LogP contribution in [0.3, 0.4) is 0 Å². The normalized spacial score (nSPS) is 13.1. The molecule has 1 rings (SSSR count). The molecule has 0 bridgehead atoms. The number of nitrogens with zero attached hydrogens (tertiary/aromatic N) is 2. The molecule has 1 unspecified atom stereocenters. The van der Waals surface area contributed by atoms with Crippen LogP contribution in [0.15, 0.2) is 18.5 Å². The Hall–Kier alpha value is -1.00. The van der Waals surface area contributed by atoms with Gasteiger partial charge in [0.25, 0.3) is 0 Å². The van der Waals surface area contributed by atoms with Crippen molar-refractivity contribution in [2.45, 2.75) is 32.4 Å². The Morgan fingerprint density at radius 1 is 1.43 bits per heavy atom. The van der Waals surface area contributed by atoms with E-state index >= 15 is 0 Å². The van der Waals surface area contributed by atoms with Crippen molar-refractivity contribution in [1.82, 2.24) is 15.5 Å². The minimum absolute atomic E-state index is 0.140. The molecule has 1 heterocycles.